The van der Waals surface area contributed by atoms with Crippen molar-refractivity contribution in [3.63, 3.8) is 0 Å². The summed E-state index contributed by atoms with van der Waals surface area (Å²) in [6, 6.07) is 10.1. The van der Waals surface area contributed by atoms with Crippen LogP contribution in [0.25, 0.3) is 11.3 Å². The first-order chi connectivity index (χ1) is 11.6. The number of halogens is 2. The Morgan fingerprint density at radius 3 is 2.58 bits per heavy atom. The number of benzene rings is 2. The van der Waals surface area contributed by atoms with Crippen molar-refractivity contribution < 1.29 is 18.3 Å². The van der Waals surface area contributed by atoms with Crippen LogP contribution in [0.3, 0.4) is 0 Å². The number of methoxy groups -OCH3 is 1. The van der Waals surface area contributed by atoms with Gasteiger partial charge in [0.25, 0.3) is 5.91 Å². The minimum absolute atomic E-state index is 0.238. The fourth-order valence-corrected chi connectivity index (χ4v) is 2.78. The van der Waals surface area contributed by atoms with Crippen LogP contribution in [0.2, 0.25) is 0 Å². The van der Waals surface area contributed by atoms with Gasteiger partial charge >= 0.3 is 0 Å². The molecule has 7 heteroatoms. The van der Waals surface area contributed by atoms with Crippen molar-refractivity contribution in [2.75, 3.05) is 12.4 Å². The van der Waals surface area contributed by atoms with Gasteiger partial charge in [-0.3, -0.25) is 10.1 Å². The molecule has 3 rings (SSSR count). The van der Waals surface area contributed by atoms with Gasteiger partial charge in [0, 0.05) is 17.0 Å². The molecule has 3 aromatic rings. The molecule has 0 bridgehead atoms. The summed E-state index contributed by atoms with van der Waals surface area (Å²) >= 11 is 1.22. The van der Waals surface area contributed by atoms with E-state index < -0.39 is 17.5 Å². The molecule has 0 aliphatic carbocycles. The minimum atomic E-state index is -0.917. The van der Waals surface area contributed by atoms with E-state index in [1.807, 2.05) is 12.1 Å². The van der Waals surface area contributed by atoms with Crippen molar-refractivity contribution in [1.82, 2.24) is 4.98 Å². The SMILES string of the molecule is COc1ccc(-c2csc(NC(=O)c3ccc(F)cc3F)n2)cc1. The molecule has 4 nitrogen and oxygen atoms in total. The lowest BCUT2D eigenvalue weighted by Gasteiger charge is -2.03. The summed E-state index contributed by atoms with van der Waals surface area (Å²) in [5, 5.41) is 4.62. The Kier molecular flexibility index (Phi) is 4.52. The molecule has 24 heavy (non-hydrogen) atoms. The molecule has 1 aromatic heterocycles. The zero-order valence-corrected chi connectivity index (χ0v) is 13.4. The molecule has 2 aromatic carbocycles. The van der Waals surface area contributed by atoms with E-state index in [2.05, 4.69) is 10.3 Å². The van der Waals surface area contributed by atoms with E-state index in [4.69, 9.17) is 4.74 Å². The number of carbonyl (C=O) groups excluding carboxylic acids is 1. The quantitative estimate of drug-likeness (QED) is 0.764. The van der Waals surface area contributed by atoms with Gasteiger partial charge in [-0.1, -0.05) is 0 Å². The second kappa shape index (κ2) is 6.76. The molecule has 0 atom stereocenters. The summed E-state index contributed by atoms with van der Waals surface area (Å²) in [6.45, 7) is 0. The smallest absolute Gasteiger partial charge is 0.260 e. The van der Waals surface area contributed by atoms with Crippen molar-refractivity contribution in [2.45, 2.75) is 0 Å². The van der Waals surface area contributed by atoms with Crippen LogP contribution in [-0.4, -0.2) is 18.0 Å². The second-order valence-corrected chi connectivity index (χ2v) is 5.70. The van der Waals surface area contributed by atoms with Crippen LogP contribution in [0.15, 0.2) is 47.8 Å². The summed E-state index contributed by atoms with van der Waals surface area (Å²) in [4.78, 5) is 16.3. The van der Waals surface area contributed by atoms with Gasteiger partial charge in [-0.05, 0) is 36.4 Å². The van der Waals surface area contributed by atoms with Gasteiger partial charge < -0.3 is 4.74 Å². The third-order valence-corrected chi connectivity index (χ3v) is 4.04. The Morgan fingerprint density at radius 2 is 1.92 bits per heavy atom. The number of ether oxygens (including phenoxy) is 1. The highest BCUT2D eigenvalue weighted by Crippen LogP contribution is 2.26. The van der Waals surface area contributed by atoms with Gasteiger partial charge in [-0.15, -0.1) is 11.3 Å². The van der Waals surface area contributed by atoms with Crippen molar-refractivity contribution in [3.05, 3.63) is 65.0 Å². The average Bonchev–Trinajstić information content (AvgIpc) is 3.03. The van der Waals surface area contributed by atoms with Crippen LogP contribution < -0.4 is 10.1 Å². The first kappa shape index (κ1) is 16.1. The summed E-state index contributed by atoms with van der Waals surface area (Å²) in [5.74, 6) is -1.60. The van der Waals surface area contributed by atoms with E-state index in [0.717, 1.165) is 23.4 Å². The Balaban J connectivity index is 1.76. The number of anilines is 1. The van der Waals surface area contributed by atoms with E-state index >= 15 is 0 Å². The molecule has 1 heterocycles. The molecule has 0 saturated carbocycles. The molecule has 1 N–H and O–H groups in total. The summed E-state index contributed by atoms with van der Waals surface area (Å²) in [6.07, 6.45) is 0. The molecular formula is C17H12F2N2O2S. The van der Waals surface area contributed by atoms with Gasteiger partial charge in [-0.25, -0.2) is 13.8 Å². The van der Waals surface area contributed by atoms with Gasteiger partial charge in [0.15, 0.2) is 5.13 Å². The van der Waals surface area contributed by atoms with Gasteiger partial charge in [0.05, 0.1) is 18.4 Å². The largest absolute Gasteiger partial charge is 0.497 e. The normalized spacial score (nSPS) is 10.5. The lowest BCUT2D eigenvalue weighted by molar-refractivity contribution is 0.102. The van der Waals surface area contributed by atoms with Crippen LogP contribution in [0.1, 0.15) is 10.4 Å². The number of aromatic nitrogens is 1. The lowest BCUT2D eigenvalue weighted by atomic mass is 10.2. The maximum Gasteiger partial charge on any atom is 0.260 e. The second-order valence-electron chi connectivity index (χ2n) is 4.84. The number of rotatable bonds is 4. The molecule has 0 fully saturated rings. The zero-order valence-electron chi connectivity index (χ0n) is 12.5. The van der Waals surface area contributed by atoms with Crippen LogP contribution in [0.4, 0.5) is 13.9 Å². The van der Waals surface area contributed by atoms with Crippen molar-refractivity contribution >= 4 is 22.4 Å². The molecule has 0 saturated heterocycles. The fourth-order valence-electron chi connectivity index (χ4n) is 2.06. The van der Waals surface area contributed by atoms with Crippen LogP contribution in [0, 0.1) is 11.6 Å². The summed E-state index contributed by atoms with van der Waals surface area (Å²) in [5.41, 5.74) is 1.30. The molecule has 0 aliphatic heterocycles. The van der Waals surface area contributed by atoms with Crippen LogP contribution >= 0.6 is 11.3 Å². The van der Waals surface area contributed by atoms with Crippen LogP contribution in [-0.2, 0) is 0 Å². The molecule has 0 unspecified atom stereocenters. The number of hydrogen-bond donors (Lipinski definition) is 1. The predicted octanol–water partition coefficient (Wildman–Crippen LogP) is 4.35. The molecule has 1 amide bonds. The molecule has 122 valence electrons. The number of nitrogens with one attached hydrogen (secondary N) is 1. The molecule has 0 spiro atoms. The zero-order chi connectivity index (χ0) is 17.1. The minimum Gasteiger partial charge on any atom is -0.497 e. The van der Waals surface area contributed by atoms with Gasteiger partial charge in [0.2, 0.25) is 0 Å². The van der Waals surface area contributed by atoms with Crippen LogP contribution in [0.5, 0.6) is 5.75 Å². The maximum atomic E-state index is 13.6. The van der Waals surface area contributed by atoms with Gasteiger partial charge in [-0.2, -0.15) is 0 Å². The highest BCUT2D eigenvalue weighted by Gasteiger charge is 2.14. The van der Waals surface area contributed by atoms with Crippen molar-refractivity contribution in [2.24, 2.45) is 0 Å². The number of hydrogen-bond acceptors (Lipinski definition) is 4. The first-order valence-corrected chi connectivity index (χ1v) is 7.81. The monoisotopic (exact) mass is 346 g/mol. The molecule has 0 aliphatic rings. The van der Waals surface area contributed by atoms with Crippen molar-refractivity contribution in [1.29, 1.82) is 0 Å². The Bertz CT molecular complexity index is 879. The molecular weight excluding hydrogens is 334 g/mol. The average molecular weight is 346 g/mol. The first-order valence-electron chi connectivity index (χ1n) is 6.93. The fraction of sp³-hybridized carbons (Fsp3) is 0.0588. The van der Waals surface area contributed by atoms with Crippen molar-refractivity contribution in [3.8, 4) is 17.0 Å². The number of thiazole rings is 1. The topological polar surface area (TPSA) is 51.2 Å². The molecule has 0 radical (unpaired) electrons. The van der Waals surface area contributed by atoms with E-state index in [-0.39, 0.29) is 5.56 Å². The standard InChI is InChI=1S/C17H12F2N2O2S/c1-23-12-5-2-10(3-6-12)15-9-24-17(20-15)21-16(22)13-7-4-11(18)8-14(13)19/h2-9H,1H3,(H,20,21,22). The number of amides is 1. The Morgan fingerprint density at radius 1 is 1.17 bits per heavy atom. The van der Waals surface area contributed by atoms with E-state index in [1.54, 1.807) is 24.6 Å². The highest BCUT2D eigenvalue weighted by atomic mass is 32.1. The Hall–Kier alpha value is -2.80. The van der Waals surface area contributed by atoms with E-state index in [0.29, 0.717) is 16.9 Å². The summed E-state index contributed by atoms with van der Waals surface area (Å²) < 4.78 is 31.6. The third kappa shape index (κ3) is 3.41. The lowest BCUT2D eigenvalue weighted by Crippen LogP contribution is -2.13. The summed E-state index contributed by atoms with van der Waals surface area (Å²) in [7, 11) is 1.58. The Labute approximate surface area is 140 Å². The van der Waals surface area contributed by atoms with E-state index in [1.165, 1.54) is 11.3 Å². The maximum absolute atomic E-state index is 13.6. The number of carbonyl (C=O) groups is 1. The number of nitrogens with zero attached hydrogens (tertiary/aromatic N) is 1. The van der Waals surface area contributed by atoms with Gasteiger partial charge in [0.1, 0.15) is 17.4 Å². The highest BCUT2D eigenvalue weighted by molar-refractivity contribution is 7.14. The third-order valence-electron chi connectivity index (χ3n) is 3.29. The van der Waals surface area contributed by atoms with E-state index in [9.17, 15) is 13.6 Å². The predicted molar refractivity (Wildman–Crippen MR) is 88.4 cm³/mol.